The number of aromatic amines is 1. The van der Waals surface area contributed by atoms with Gasteiger partial charge < -0.3 is 0 Å². The Hall–Kier alpha value is -2.21. The number of fused-ring (bicyclic) bond motifs is 1. The first kappa shape index (κ1) is 13.8. The van der Waals surface area contributed by atoms with Crippen LogP contribution in [0.5, 0.6) is 0 Å². The van der Waals surface area contributed by atoms with Crippen LogP contribution in [0.25, 0.3) is 16.8 Å². The Balaban J connectivity index is 2.34. The number of aryl methyl sites for hydroxylation is 1. The van der Waals surface area contributed by atoms with Crippen LogP contribution in [0.1, 0.15) is 5.69 Å². The van der Waals surface area contributed by atoms with Gasteiger partial charge in [0.2, 0.25) is 0 Å². The molecule has 3 aromatic rings. The van der Waals surface area contributed by atoms with E-state index in [0.717, 1.165) is 16.8 Å². The molecule has 108 valence electrons. The van der Waals surface area contributed by atoms with Crippen molar-refractivity contribution >= 4 is 19.0 Å². The average Bonchev–Trinajstić information content (AvgIpc) is 2.76. The number of rotatable bonds is 2. The Bertz CT molecular complexity index is 859. The fourth-order valence-electron chi connectivity index (χ4n) is 2.47. The van der Waals surface area contributed by atoms with Crippen LogP contribution in [0.2, 0.25) is 19.6 Å². The highest BCUT2D eigenvalue weighted by Gasteiger charge is 2.25. The number of nitrogens with one attached hydrogen (secondary N) is 1. The summed E-state index contributed by atoms with van der Waals surface area (Å²) in [6.45, 7) is 8.24. The molecule has 0 bridgehead atoms. The largest absolute Gasteiger partial charge is 0.293 e. The predicted molar refractivity (Wildman–Crippen MR) is 86.8 cm³/mol. The number of hydrogen-bond donors (Lipinski definition) is 1. The first-order valence-corrected chi connectivity index (χ1v) is 10.4. The van der Waals surface area contributed by atoms with Crippen molar-refractivity contribution in [3.05, 3.63) is 46.4 Å². The van der Waals surface area contributed by atoms with Gasteiger partial charge in [-0.15, -0.1) is 5.10 Å². The van der Waals surface area contributed by atoms with Crippen molar-refractivity contribution in [1.29, 1.82) is 0 Å². The third-order valence-corrected chi connectivity index (χ3v) is 5.25. The number of H-pyrrole nitrogens is 1. The zero-order valence-corrected chi connectivity index (χ0v) is 13.6. The lowest BCUT2D eigenvalue weighted by Gasteiger charge is -2.12. The zero-order valence-electron chi connectivity index (χ0n) is 12.6. The summed E-state index contributed by atoms with van der Waals surface area (Å²) in [5.74, 6) is 0. The van der Waals surface area contributed by atoms with E-state index in [9.17, 15) is 4.79 Å². The van der Waals surface area contributed by atoms with E-state index in [1.54, 1.807) is 0 Å². The van der Waals surface area contributed by atoms with Gasteiger partial charge in [0.15, 0.2) is 5.65 Å². The number of hydrogen-bond acceptors (Lipinski definition) is 3. The molecule has 1 aromatic carbocycles. The van der Waals surface area contributed by atoms with Crippen molar-refractivity contribution in [3.8, 4) is 11.1 Å². The van der Waals surface area contributed by atoms with Crippen LogP contribution in [-0.4, -0.2) is 27.9 Å². The third-order valence-electron chi connectivity index (χ3n) is 3.51. The highest BCUT2D eigenvalue weighted by Crippen LogP contribution is 2.25. The Morgan fingerprint density at radius 2 is 1.76 bits per heavy atom. The van der Waals surface area contributed by atoms with Crippen molar-refractivity contribution in [3.63, 3.8) is 0 Å². The van der Waals surface area contributed by atoms with E-state index in [0.29, 0.717) is 11.0 Å². The molecule has 5 nitrogen and oxygen atoms in total. The molecule has 1 N–H and O–H groups in total. The standard InChI is InChI=1S/C15H18N4OSi/c1-10-12(11-8-6-5-7-9-11)13-16-17-14(21(2,3)4)15(20)19(13)18-10/h5-9,18H,1-4H3. The minimum atomic E-state index is -1.81. The van der Waals surface area contributed by atoms with Gasteiger partial charge in [0.1, 0.15) is 13.4 Å². The highest BCUT2D eigenvalue weighted by atomic mass is 28.3. The first-order valence-electron chi connectivity index (χ1n) is 6.93. The molecule has 2 heterocycles. The van der Waals surface area contributed by atoms with Crippen LogP contribution < -0.4 is 10.9 Å². The minimum absolute atomic E-state index is 0.0792. The summed E-state index contributed by atoms with van der Waals surface area (Å²) in [6.07, 6.45) is 0. The Morgan fingerprint density at radius 3 is 2.38 bits per heavy atom. The molecule has 0 aliphatic rings. The zero-order chi connectivity index (χ0) is 15.2. The molecular formula is C15H18N4OSi. The SMILES string of the molecule is Cc1[nH]n2c(=O)c([Si](C)(C)C)nnc2c1-c1ccccc1. The fraction of sp³-hybridized carbons (Fsp3) is 0.267. The molecule has 0 aliphatic heterocycles. The van der Waals surface area contributed by atoms with Crippen molar-refractivity contribution in [1.82, 2.24) is 19.8 Å². The molecule has 0 atom stereocenters. The molecule has 0 radical (unpaired) electrons. The predicted octanol–water partition coefficient (Wildman–Crippen LogP) is 1.94. The van der Waals surface area contributed by atoms with Gasteiger partial charge in [-0.25, -0.2) is 0 Å². The van der Waals surface area contributed by atoms with Crippen LogP contribution in [0.4, 0.5) is 0 Å². The topological polar surface area (TPSA) is 63.0 Å². The maximum Gasteiger partial charge on any atom is 0.290 e. The molecule has 21 heavy (non-hydrogen) atoms. The monoisotopic (exact) mass is 298 g/mol. The Morgan fingerprint density at radius 1 is 1.10 bits per heavy atom. The van der Waals surface area contributed by atoms with Gasteiger partial charge in [-0.05, 0) is 12.5 Å². The van der Waals surface area contributed by atoms with E-state index in [1.807, 2.05) is 37.3 Å². The smallest absolute Gasteiger partial charge is 0.290 e. The summed E-state index contributed by atoms with van der Waals surface area (Å²) in [4.78, 5) is 12.6. The molecule has 0 amide bonds. The summed E-state index contributed by atoms with van der Waals surface area (Å²) in [5, 5.41) is 12.3. The van der Waals surface area contributed by atoms with E-state index < -0.39 is 8.07 Å². The van der Waals surface area contributed by atoms with Crippen LogP contribution in [-0.2, 0) is 0 Å². The molecule has 2 aromatic heterocycles. The molecule has 0 saturated carbocycles. The van der Waals surface area contributed by atoms with Crippen LogP contribution in [0, 0.1) is 6.92 Å². The maximum absolute atomic E-state index is 12.6. The Labute approximate surface area is 123 Å². The van der Waals surface area contributed by atoms with E-state index in [1.165, 1.54) is 4.52 Å². The normalized spacial score (nSPS) is 12.0. The van der Waals surface area contributed by atoms with Crippen LogP contribution >= 0.6 is 0 Å². The second-order valence-corrected chi connectivity index (χ2v) is 11.2. The summed E-state index contributed by atoms with van der Waals surface area (Å²) in [6, 6.07) is 9.93. The second-order valence-electron chi connectivity index (χ2n) is 6.24. The highest BCUT2D eigenvalue weighted by molar-refractivity contribution is 6.87. The number of aromatic nitrogens is 4. The molecule has 0 spiro atoms. The maximum atomic E-state index is 12.6. The average molecular weight is 298 g/mol. The van der Waals surface area contributed by atoms with Crippen molar-refractivity contribution in [2.45, 2.75) is 26.6 Å². The summed E-state index contributed by atoms with van der Waals surface area (Å²) in [7, 11) is -1.81. The Kier molecular flexibility index (Phi) is 3.05. The molecule has 3 rings (SSSR count). The van der Waals surface area contributed by atoms with Gasteiger partial charge in [-0.2, -0.15) is 9.61 Å². The van der Waals surface area contributed by atoms with Crippen molar-refractivity contribution < 1.29 is 0 Å². The van der Waals surface area contributed by atoms with Gasteiger partial charge in [0.05, 0.1) is 0 Å². The molecule has 0 unspecified atom stereocenters. The summed E-state index contributed by atoms with van der Waals surface area (Å²) >= 11 is 0. The lowest BCUT2D eigenvalue weighted by molar-refractivity contribution is 0.854. The minimum Gasteiger partial charge on any atom is -0.293 e. The van der Waals surface area contributed by atoms with Gasteiger partial charge >= 0.3 is 0 Å². The van der Waals surface area contributed by atoms with E-state index in [-0.39, 0.29) is 5.56 Å². The quantitative estimate of drug-likeness (QED) is 0.735. The molecular weight excluding hydrogens is 280 g/mol. The van der Waals surface area contributed by atoms with Gasteiger partial charge in [0.25, 0.3) is 5.56 Å². The molecule has 0 aliphatic carbocycles. The van der Waals surface area contributed by atoms with Crippen molar-refractivity contribution in [2.75, 3.05) is 0 Å². The van der Waals surface area contributed by atoms with E-state index in [4.69, 9.17) is 0 Å². The molecule has 6 heteroatoms. The van der Waals surface area contributed by atoms with Crippen LogP contribution in [0.3, 0.4) is 0 Å². The molecule has 0 fully saturated rings. The van der Waals surface area contributed by atoms with Gasteiger partial charge in [-0.1, -0.05) is 50.0 Å². The number of nitrogens with zero attached hydrogens (tertiary/aromatic N) is 3. The first-order chi connectivity index (χ1) is 9.89. The molecule has 0 saturated heterocycles. The fourth-order valence-corrected chi connectivity index (χ4v) is 3.57. The lowest BCUT2D eigenvalue weighted by Crippen LogP contribution is -2.52. The van der Waals surface area contributed by atoms with Gasteiger partial charge in [0, 0.05) is 11.3 Å². The summed E-state index contributed by atoms with van der Waals surface area (Å²) < 4.78 is 1.53. The van der Waals surface area contributed by atoms with E-state index in [2.05, 4.69) is 34.9 Å². The van der Waals surface area contributed by atoms with Crippen LogP contribution in [0.15, 0.2) is 35.1 Å². The summed E-state index contributed by atoms with van der Waals surface area (Å²) in [5.41, 5.74) is 3.39. The van der Waals surface area contributed by atoms with Gasteiger partial charge in [-0.3, -0.25) is 9.89 Å². The van der Waals surface area contributed by atoms with E-state index >= 15 is 0 Å². The second kappa shape index (κ2) is 4.66. The lowest BCUT2D eigenvalue weighted by atomic mass is 10.1. The third kappa shape index (κ3) is 2.21. The number of benzene rings is 1. The van der Waals surface area contributed by atoms with Crippen molar-refractivity contribution in [2.24, 2.45) is 0 Å².